The predicted octanol–water partition coefficient (Wildman–Crippen LogP) is 1.50. The van der Waals surface area contributed by atoms with E-state index in [4.69, 9.17) is 0 Å². The summed E-state index contributed by atoms with van der Waals surface area (Å²) >= 11 is 0. The molecule has 0 unspecified atom stereocenters. The van der Waals surface area contributed by atoms with Crippen molar-refractivity contribution in [3.63, 3.8) is 0 Å². The van der Waals surface area contributed by atoms with Crippen LogP contribution in [0.1, 0.15) is 0 Å². The Morgan fingerprint density at radius 3 is 2.40 bits per heavy atom. The van der Waals surface area contributed by atoms with Crippen LogP contribution in [0.3, 0.4) is 0 Å². The Morgan fingerprint density at radius 2 is 1.90 bits per heavy atom. The zero-order valence-corrected chi connectivity index (χ0v) is 9.67. The number of anilines is 1. The summed E-state index contributed by atoms with van der Waals surface area (Å²) in [5.74, 6) is -6.81. The second kappa shape index (κ2) is 5.23. The van der Waals surface area contributed by atoms with Crippen LogP contribution in [-0.4, -0.2) is 38.5 Å². The van der Waals surface area contributed by atoms with E-state index < -0.39 is 18.3 Å². The van der Waals surface area contributed by atoms with Gasteiger partial charge in [0.25, 0.3) is 0 Å². The third-order valence-electron chi connectivity index (χ3n) is 2.32. The Labute approximate surface area is 109 Å². The highest BCUT2D eigenvalue weighted by Gasteiger charge is 2.48. The first kappa shape index (κ1) is 13.9. The third-order valence-corrected chi connectivity index (χ3v) is 2.32. The van der Waals surface area contributed by atoms with E-state index in [0.29, 0.717) is 5.69 Å². The van der Waals surface area contributed by atoms with Gasteiger partial charge in [-0.3, -0.25) is 4.79 Å². The van der Waals surface area contributed by atoms with E-state index in [9.17, 15) is 22.4 Å². The van der Waals surface area contributed by atoms with Crippen molar-refractivity contribution in [1.29, 1.82) is 0 Å². The monoisotopic (exact) mass is 289 g/mol. The highest BCUT2D eigenvalue weighted by atomic mass is 19.3. The fourth-order valence-electron chi connectivity index (χ4n) is 1.29. The van der Waals surface area contributed by atoms with Gasteiger partial charge in [-0.25, -0.2) is 13.5 Å². The molecule has 2 rings (SSSR count). The lowest BCUT2D eigenvalue weighted by molar-refractivity contribution is -0.163. The number of tetrazole rings is 1. The van der Waals surface area contributed by atoms with Crippen molar-refractivity contribution in [3.8, 4) is 5.69 Å². The van der Waals surface area contributed by atoms with Crippen molar-refractivity contribution >= 4 is 11.6 Å². The second-order valence-electron chi connectivity index (χ2n) is 3.68. The van der Waals surface area contributed by atoms with Crippen LogP contribution in [0.25, 0.3) is 5.69 Å². The number of carbonyl (C=O) groups is 1. The second-order valence-corrected chi connectivity index (χ2v) is 3.68. The van der Waals surface area contributed by atoms with Crippen molar-refractivity contribution in [1.82, 2.24) is 20.2 Å². The lowest BCUT2D eigenvalue weighted by atomic mass is 10.2. The molecule has 1 aromatic heterocycles. The summed E-state index contributed by atoms with van der Waals surface area (Å²) in [6.07, 6.45) is -2.76. The van der Waals surface area contributed by atoms with Crippen LogP contribution < -0.4 is 5.32 Å². The average molecular weight is 289 g/mol. The SMILES string of the molecule is O=C(Nc1ccc(-n2cnnn2)cc1)C(F)(F)C(F)F. The van der Waals surface area contributed by atoms with E-state index >= 15 is 0 Å². The largest absolute Gasteiger partial charge is 0.383 e. The highest BCUT2D eigenvalue weighted by Crippen LogP contribution is 2.24. The van der Waals surface area contributed by atoms with Crippen molar-refractivity contribution in [2.75, 3.05) is 5.32 Å². The fraction of sp³-hybridized carbons (Fsp3) is 0.200. The first-order chi connectivity index (χ1) is 9.41. The predicted molar refractivity (Wildman–Crippen MR) is 58.7 cm³/mol. The molecule has 0 aliphatic rings. The quantitative estimate of drug-likeness (QED) is 0.866. The Bertz CT molecular complexity index is 584. The van der Waals surface area contributed by atoms with Crippen molar-refractivity contribution in [2.24, 2.45) is 0 Å². The van der Waals surface area contributed by atoms with Crippen LogP contribution in [0.4, 0.5) is 23.2 Å². The number of nitrogens with one attached hydrogen (secondary N) is 1. The molecule has 1 N–H and O–H groups in total. The average Bonchev–Trinajstić information content (AvgIpc) is 2.93. The van der Waals surface area contributed by atoms with Gasteiger partial charge in [0.2, 0.25) is 0 Å². The number of alkyl halides is 4. The molecule has 1 aromatic carbocycles. The van der Waals surface area contributed by atoms with E-state index in [1.807, 2.05) is 0 Å². The fourth-order valence-corrected chi connectivity index (χ4v) is 1.29. The van der Waals surface area contributed by atoms with Gasteiger partial charge in [-0.2, -0.15) is 8.78 Å². The van der Waals surface area contributed by atoms with E-state index in [0.717, 1.165) is 0 Å². The van der Waals surface area contributed by atoms with Gasteiger partial charge >= 0.3 is 18.3 Å². The summed E-state index contributed by atoms with van der Waals surface area (Å²) in [6.45, 7) is 0. The first-order valence-electron chi connectivity index (χ1n) is 5.22. The van der Waals surface area contributed by atoms with Crippen LogP contribution in [0, 0.1) is 0 Å². The number of amides is 1. The zero-order valence-electron chi connectivity index (χ0n) is 9.67. The summed E-state index contributed by atoms with van der Waals surface area (Å²) < 4.78 is 50.7. The molecule has 1 heterocycles. The molecule has 106 valence electrons. The maximum Gasteiger partial charge on any atom is 0.383 e. The summed E-state index contributed by atoms with van der Waals surface area (Å²) in [6, 6.07) is 5.37. The molecule has 10 heteroatoms. The molecule has 6 nitrogen and oxygen atoms in total. The molecule has 0 atom stereocenters. The van der Waals surface area contributed by atoms with E-state index in [1.165, 1.54) is 35.3 Å². The molecule has 2 aromatic rings. The molecule has 0 saturated carbocycles. The Kier molecular flexibility index (Phi) is 3.63. The molecule has 0 aliphatic heterocycles. The minimum Gasteiger partial charge on any atom is -0.321 e. The van der Waals surface area contributed by atoms with Gasteiger partial charge < -0.3 is 5.32 Å². The van der Waals surface area contributed by atoms with Crippen molar-refractivity contribution < 1.29 is 22.4 Å². The highest BCUT2D eigenvalue weighted by molar-refractivity contribution is 5.96. The number of aromatic nitrogens is 4. The molecular formula is C10H7F4N5O. The summed E-state index contributed by atoms with van der Waals surface area (Å²) in [7, 11) is 0. The van der Waals surface area contributed by atoms with Crippen molar-refractivity contribution in [2.45, 2.75) is 12.3 Å². The van der Waals surface area contributed by atoms with Gasteiger partial charge in [0.1, 0.15) is 6.33 Å². The number of nitrogens with zero attached hydrogens (tertiary/aromatic N) is 4. The lowest BCUT2D eigenvalue weighted by Crippen LogP contribution is -2.40. The number of hydrogen-bond donors (Lipinski definition) is 1. The van der Waals surface area contributed by atoms with E-state index in [1.54, 1.807) is 5.32 Å². The minimum absolute atomic E-state index is 0.0489. The van der Waals surface area contributed by atoms with E-state index in [-0.39, 0.29) is 5.69 Å². The summed E-state index contributed by atoms with van der Waals surface area (Å²) in [4.78, 5) is 11.0. The normalized spacial score (nSPS) is 11.7. The number of carbonyl (C=O) groups excluding carboxylic acids is 1. The number of benzene rings is 1. The topological polar surface area (TPSA) is 72.7 Å². The molecule has 0 spiro atoms. The Morgan fingerprint density at radius 1 is 1.25 bits per heavy atom. The standard InChI is InChI=1S/C10H7F4N5O/c11-8(12)10(13,14)9(20)16-6-1-3-7(4-2-6)19-5-15-17-18-19/h1-5,8H,(H,16,20). The van der Waals surface area contributed by atoms with Crippen LogP contribution in [0.5, 0.6) is 0 Å². The van der Waals surface area contributed by atoms with Gasteiger partial charge in [-0.1, -0.05) is 0 Å². The Hall–Kier alpha value is -2.52. The Balaban J connectivity index is 2.10. The van der Waals surface area contributed by atoms with Gasteiger partial charge in [0.05, 0.1) is 5.69 Å². The molecular weight excluding hydrogens is 282 g/mol. The maximum absolute atomic E-state index is 12.7. The molecule has 0 aliphatic carbocycles. The summed E-state index contributed by atoms with van der Waals surface area (Å²) in [5.41, 5.74) is 0.459. The molecule has 0 radical (unpaired) electrons. The van der Waals surface area contributed by atoms with Crippen LogP contribution in [0.15, 0.2) is 30.6 Å². The van der Waals surface area contributed by atoms with Gasteiger partial charge in [-0.15, -0.1) is 5.10 Å². The van der Waals surface area contributed by atoms with Crippen LogP contribution >= 0.6 is 0 Å². The first-order valence-corrected chi connectivity index (χ1v) is 5.22. The van der Waals surface area contributed by atoms with Crippen LogP contribution in [0.2, 0.25) is 0 Å². The van der Waals surface area contributed by atoms with Gasteiger partial charge in [-0.05, 0) is 34.7 Å². The van der Waals surface area contributed by atoms with Crippen LogP contribution in [-0.2, 0) is 4.79 Å². The summed E-state index contributed by atoms with van der Waals surface area (Å²) in [5, 5.41) is 12.1. The molecule has 20 heavy (non-hydrogen) atoms. The number of hydrogen-bond acceptors (Lipinski definition) is 4. The maximum atomic E-state index is 12.7. The smallest absolute Gasteiger partial charge is 0.321 e. The van der Waals surface area contributed by atoms with Gasteiger partial charge in [0.15, 0.2) is 0 Å². The third kappa shape index (κ3) is 2.73. The molecule has 0 bridgehead atoms. The number of halogens is 4. The lowest BCUT2D eigenvalue weighted by Gasteiger charge is -2.14. The zero-order chi connectivity index (χ0) is 14.8. The van der Waals surface area contributed by atoms with Gasteiger partial charge in [0, 0.05) is 5.69 Å². The minimum atomic E-state index is -4.74. The van der Waals surface area contributed by atoms with E-state index in [2.05, 4.69) is 15.5 Å². The molecule has 0 saturated heterocycles. The number of rotatable bonds is 4. The molecule has 0 fully saturated rings. The van der Waals surface area contributed by atoms with Crippen molar-refractivity contribution in [3.05, 3.63) is 30.6 Å². The molecule has 1 amide bonds.